The van der Waals surface area contributed by atoms with Gasteiger partial charge in [-0.15, -0.1) is 0 Å². The van der Waals surface area contributed by atoms with Crippen LogP contribution in [-0.2, 0) is 6.54 Å². The molecule has 3 rings (SSSR count). The number of benzene rings is 2. The summed E-state index contributed by atoms with van der Waals surface area (Å²) in [5, 5.41) is 6.74. The quantitative estimate of drug-likeness (QED) is 0.608. The molecule has 0 atom stereocenters. The highest BCUT2D eigenvalue weighted by Gasteiger charge is 2.10. The Bertz CT molecular complexity index is 961. The first kappa shape index (κ1) is 19.5. The number of aromatic nitrogens is 1. The Balaban J connectivity index is 1.67. The van der Waals surface area contributed by atoms with Crippen molar-refractivity contribution in [1.29, 1.82) is 0 Å². The van der Waals surface area contributed by atoms with Gasteiger partial charge in [-0.25, -0.2) is 4.98 Å². The predicted molar refractivity (Wildman–Crippen MR) is 111 cm³/mol. The lowest BCUT2D eigenvalue weighted by Gasteiger charge is -2.11. The Morgan fingerprint density at radius 3 is 2.46 bits per heavy atom. The topological polar surface area (TPSA) is 72.5 Å². The van der Waals surface area contributed by atoms with Gasteiger partial charge >= 0.3 is 0 Å². The van der Waals surface area contributed by atoms with E-state index in [0.717, 1.165) is 5.56 Å². The van der Waals surface area contributed by atoms with Crippen LogP contribution in [0.5, 0.6) is 11.5 Å². The summed E-state index contributed by atoms with van der Waals surface area (Å²) in [5.41, 5.74) is 2.16. The highest BCUT2D eigenvalue weighted by atomic mass is 35.5. The van der Waals surface area contributed by atoms with E-state index in [1.54, 1.807) is 50.7 Å². The van der Waals surface area contributed by atoms with Crippen LogP contribution in [0.25, 0.3) is 0 Å². The maximum atomic E-state index is 12.6. The zero-order valence-electron chi connectivity index (χ0n) is 15.5. The Morgan fingerprint density at radius 1 is 1.00 bits per heavy atom. The van der Waals surface area contributed by atoms with Gasteiger partial charge in [0.25, 0.3) is 5.91 Å². The van der Waals surface area contributed by atoms with E-state index in [-0.39, 0.29) is 5.91 Å². The Kier molecular flexibility index (Phi) is 6.34. The Hall–Kier alpha value is -3.25. The van der Waals surface area contributed by atoms with E-state index in [4.69, 9.17) is 21.1 Å². The molecule has 0 unspecified atom stereocenters. The average molecular weight is 398 g/mol. The van der Waals surface area contributed by atoms with Gasteiger partial charge in [-0.2, -0.15) is 0 Å². The van der Waals surface area contributed by atoms with Crippen molar-refractivity contribution in [3.05, 3.63) is 76.9 Å². The van der Waals surface area contributed by atoms with Crippen LogP contribution in [0.2, 0.25) is 5.02 Å². The Morgan fingerprint density at radius 2 is 1.75 bits per heavy atom. The summed E-state index contributed by atoms with van der Waals surface area (Å²) in [5.74, 6) is 1.50. The normalized spacial score (nSPS) is 10.2. The summed E-state index contributed by atoms with van der Waals surface area (Å²) in [4.78, 5) is 16.8. The number of halogens is 1. The first-order valence-corrected chi connectivity index (χ1v) is 8.94. The van der Waals surface area contributed by atoms with Gasteiger partial charge in [-0.3, -0.25) is 4.79 Å². The van der Waals surface area contributed by atoms with Crippen LogP contribution < -0.4 is 20.1 Å². The predicted octanol–water partition coefficient (Wildman–Crippen LogP) is 4.62. The summed E-state index contributed by atoms with van der Waals surface area (Å²) >= 11 is 5.89. The molecule has 0 aliphatic carbocycles. The van der Waals surface area contributed by atoms with Crippen molar-refractivity contribution >= 4 is 29.0 Å². The average Bonchev–Trinajstić information content (AvgIpc) is 2.73. The van der Waals surface area contributed by atoms with Crippen molar-refractivity contribution in [2.75, 3.05) is 24.9 Å². The maximum absolute atomic E-state index is 12.6. The number of hydrogen-bond acceptors (Lipinski definition) is 5. The molecule has 0 aliphatic rings. The molecule has 28 heavy (non-hydrogen) atoms. The molecule has 0 fully saturated rings. The highest BCUT2D eigenvalue weighted by molar-refractivity contribution is 6.30. The summed E-state index contributed by atoms with van der Waals surface area (Å²) < 4.78 is 10.5. The van der Waals surface area contributed by atoms with Crippen molar-refractivity contribution in [3.8, 4) is 11.5 Å². The number of ether oxygens (including phenoxy) is 2. The first-order chi connectivity index (χ1) is 13.6. The molecule has 6 nitrogen and oxygen atoms in total. The number of nitrogens with zero attached hydrogens (tertiary/aromatic N) is 1. The van der Waals surface area contributed by atoms with E-state index in [1.165, 1.54) is 0 Å². The van der Waals surface area contributed by atoms with E-state index < -0.39 is 0 Å². The van der Waals surface area contributed by atoms with Gasteiger partial charge in [-0.05, 0) is 42.0 Å². The zero-order chi connectivity index (χ0) is 19.9. The van der Waals surface area contributed by atoms with Crippen molar-refractivity contribution in [1.82, 2.24) is 4.98 Å². The zero-order valence-corrected chi connectivity index (χ0v) is 16.3. The fourth-order valence-electron chi connectivity index (χ4n) is 2.58. The minimum Gasteiger partial charge on any atom is -0.493 e. The molecule has 0 spiro atoms. The number of hydrogen-bond donors (Lipinski definition) is 2. The molecule has 144 valence electrons. The Labute approximate surface area is 168 Å². The van der Waals surface area contributed by atoms with Gasteiger partial charge in [0.1, 0.15) is 5.82 Å². The molecule has 0 saturated carbocycles. The molecule has 1 amide bonds. The number of carbonyl (C=O) groups is 1. The van der Waals surface area contributed by atoms with Crippen LogP contribution in [-0.4, -0.2) is 25.1 Å². The molecule has 0 saturated heterocycles. The number of methoxy groups -OCH3 is 2. The summed E-state index contributed by atoms with van der Waals surface area (Å²) in [6, 6.07) is 16.1. The molecule has 1 heterocycles. The molecule has 0 aliphatic heterocycles. The molecule has 0 radical (unpaired) electrons. The number of rotatable bonds is 7. The second-order valence-electron chi connectivity index (χ2n) is 5.93. The molecule has 3 aromatic rings. The van der Waals surface area contributed by atoms with Crippen LogP contribution in [0, 0.1) is 0 Å². The van der Waals surface area contributed by atoms with Crippen LogP contribution in [0.15, 0.2) is 60.8 Å². The third-order valence-corrected chi connectivity index (χ3v) is 4.30. The third-order valence-electron chi connectivity index (χ3n) is 4.05. The van der Waals surface area contributed by atoms with E-state index in [9.17, 15) is 4.79 Å². The molecular weight excluding hydrogens is 378 g/mol. The van der Waals surface area contributed by atoms with Crippen molar-refractivity contribution in [2.24, 2.45) is 0 Å². The van der Waals surface area contributed by atoms with Gasteiger partial charge in [0.05, 0.1) is 14.2 Å². The minimum atomic E-state index is -0.246. The first-order valence-electron chi connectivity index (χ1n) is 8.57. The lowest BCUT2D eigenvalue weighted by molar-refractivity contribution is 0.102. The van der Waals surface area contributed by atoms with E-state index in [1.807, 2.05) is 24.3 Å². The van der Waals surface area contributed by atoms with Crippen LogP contribution in [0.3, 0.4) is 0 Å². The van der Waals surface area contributed by atoms with Gasteiger partial charge < -0.3 is 20.1 Å². The van der Waals surface area contributed by atoms with Crippen LogP contribution in [0.4, 0.5) is 11.5 Å². The summed E-state index contributed by atoms with van der Waals surface area (Å²) in [6.45, 7) is 0.574. The number of amides is 1. The van der Waals surface area contributed by atoms with Crippen LogP contribution in [0.1, 0.15) is 15.9 Å². The van der Waals surface area contributed by atoms with Crippen molar-refractivity contribution in [3.63, 3.8) is 0 Å². The third kappa shape index (κ3) is 4.92. The number of anilines is 2. The highest BCUT2D eigenvalue weighted by Crippen LogP contribution is 2.30. The largest absolute Gasteiger partial charge is 0.493 e. The minimum absolute atomic E-state index is 0.246. The fourth-order valence-corrected chi connectivity index (χ4v) is 2.71. The van der Waals surface area contributed by atoms with Crippen LogP contribution >= 0.6 is 11.6 Å². The molecule has 2 N–H and O–H groups in total. The molecule has 0 bridgehead atoms. The number of carbonyl (C=O) groups excluding carboxylic acids is 1. The molecule has 2 aromatic carbocycles. The molecule has 1 aromatic heterocycles. The summed E-state index contributed by atoms with van der Waals surface area (Å²) in [7, 11) is 3.11. The van der Waals surface area contributed by atoms with Gasteiger partial charge in [-0.1, -0.05) is 23.7 Å². The van der Waals surface area contributed by atoms with Gasteiger partial charge in [0, 0.05) is 35.1 Å². The standard InChI is InChI=1S/C21H20ClN3O3/c1-27-18-8-7-17(12-19(18)28-2)25-21(26)15-9-10-23-20(11-15)24-13-14-3-5-16(22)6-4-14/h3-12H,13H2,1-2H3,(H,23,24)(H,25,26). The van der Waals surface area contributed by atoms with E-state index in [2.05, 4.69) is 15.6 Å². The SMILES string of the molecule is COc1ccc(NC(=O)c2ccnc(NCc3ccc(Cl)cc3)c2)cc1OC. The second kappa shape index (κ2) is 9.10. The smallest absolute Gasteiger partial charge is 0.255 e. The van der Waals surface area contributed by atoms with Gasteiger partial charge in [0.15, 0.2) is 11.5 Å². The fraction of sp³-hybridized carbons (Fsp3) is 0.143. The lowest BCUT2D eigenvalue weighted by Crippen LogP contribution is -2.13. The monoisotopic (exact) mass is 397 g/mol. The molecule has 7 heteroatoms. The van der Waals surface area contributed by atoms with E-state index >= 15 is 0 Å². The second-order valence-corrected chi connectivity index (χ2v) is 6.37. The maximum Gasteiger partial charge on any atom is 0.255 e. The lowest BCUT2D eigenvalue weighted by atomic mass is 10.2. The van der Waals surface area contributed by atoms with Crippen molar-refractivity contribution in [2.45, 2.75) is 6.54 Å². The van der Waals surface area contributed by atoms with Crippen molar-refractivity contribution < 1.29 is 14.3 Å². The number of nitrogens with one attached hydrogen (secondary N) is 2. The van der Waals surface area contributed by atoms with E-state index in [0.29, 0.717) is 40.1 Å². The molecular formula is C21H20ClN3O3. The van der Waals surface area contributed by atoms with Gasteiger partial charge in [0.2, 0.25) is 0 Å². The number of pyridine rings is 1. The summed E-state index contributed by atoms with van der Waals surface area (Å²) in [6.07, 6.45) is 1.59.